The lowest BCUT2D eigenvalue weighted by Crippen LogP contribution is -2.37. The molecule has 1 aromatic carbocycles. The van der Waals surface area contributed by atoms with Gasteiger partial charge in [0.25, 0.3) is 11.5 Å². The SMILES string of the molecule is Cc1ccc(NC(=O)NC(=O)COC(=O)Cn2cc(C(F)(F)F)ccc2=O)c(C)c1. The highest BCUT2D eigenvalue weighted by atomic mass is 19.4. The van der Waals surface area contributed by atoms with Gasteiger partial charge >= 0.3 is 18.2 Å². The zero-order valence-electron chi connectivity index (χ0n) is 16.0. The first-order valence-electron chi connectivity index (χ1n) is 8.57. The quantitative estimate of drug-likeness (QED) is 0.716. The highest BCUT2D eigenvalue weighted by Crippen LogP contribution is 2.28. The van der Waals surface area contributed by atoms with Gasteiger partial charge in [-0.05, 0) is 31.5 Å². The van der Waals surface area contributed by atoms with Crippen molar-refractivity contribution < 1.29 is 32.3 Å². The Morgan fingerprint density at radius 2 is 1.80 bits per heavy atom. The third kappa shape index (κ3) is 6.47. The van der Waals surface area contributed by atoms with E-state index in [4.69, 9.17) is 0 Å². The first-order chi connectivity index (χ1) is 14.0. The Bertz CT molecular complexity index is 1030. The molecular weight excluding hydrogens is 407 g/mol. The van der Waals surface area contributed by atoms with Gasteiger partial charge < -0.3 is 14.6 Å². The number of anilines is 1. The molecule has 2 aromatic rings. The molecule has 30 heavy (non-hydrogen) atoms. The third-order valence-electron chi connectivity index (χ3n) is 3.86. The normalized spacial score (nSPS) is 11.0. The van der Waals surface area contributed by atoms with Gasteiger partial charge in [0, 0.05) is 18.0 Å². The summed E-state index contributed by atoms with van der Waals surface area (Å²) in [5, 5.41) is 4.41. The van der Waals surface area contributed by atoms with Crippen molar-refractivity contribution in [2.75, 3.05) is 11.9 Å². The lowest BCUT2D eigenvalue weighted by atomic mass is 10.1. The number of ether oxygens (including phenoxy) is 1. The van der Waals surface area contributed by atoms with Crippen molar-refractivity contribution in [2.24, 2.45) is 0 Å². The molecule has 0 saturated heterocycles. The van der Waals surface area contributed by atoms with E-state index < -0.39 is 48.4 Å². The van der Waals surface area contributed by atoms with Crippen LogP contribution < -0.4 is 16.2 Å². The van der Waals surface area contributed by atoms with Gasteiger partial charge in [-0.1, -0.05) is 17.7 Å². The number of nitrogens with one attached hydrogen (secondary N) is 2. The van der Waals surface area contributed by atoms with Gasteiger partial charge in [0.15, 0.2) is 6.61 Å². The monoisotopic (exact) mass is 425 g/mol. The Balaban J connectivity index is 1.87. The lowest BCUT2D eigenvalue weighted by Gasteiger charge is -2.11. The minimum atomic E-state index is -4.69. The fourth-order valence-corrected chi connectivity index (χ4v) is 2.42. The topological polar surface area (TPSA) is 106 Å². The van der Waals surface area contributed by atoms with Gasteiger partial charge in [-0.25, -0.2) is 4.79 Å². The smallest absolute Gasteiger partial charge is 0.417 e. The molecule has 0 radical (unpaired) electrons. The van der Waals surface area contributed by atoms with E-state index in [-0.39, 0.29) is 0 Å². The van der Waals surface area contributed by atoms with Crippen molar-refractivity contribution in [2.45, 2.75) is 26.6 Å². The van der Waals surface area contributed by atoms with E-state index >= 15 is 0 Å². The summed E-state index contributed by atoms with van der Waals surface area (Å²) in [6.07, 6.45) is -4.22. The van der Waals surface area contributed by atoms with Crippen LogP contribution in [-0.4, -0.2) is 29.1 Å². The summed E-state index contributed by atoms with van der Waals surface area (Å²) >= 11 is 0. The molecule has 0 aliphatic heterocycles. The summed E-state index contributed by atoms with van der Waals surface area (Å²) in [5.41, 5.74) is 0.275. The molecule has 1 heterocycles. The number of benzene rings is 1. The molecule has 1 aromatic heterocycles. The third-order valence-corrected chi connectivity index (χ3v) is 3.86. The molecule has 0 aliphatic rings. The standard InChI is InChI=1S/C19H18F3N3O5/c1-11-3-5-14(12(2)7-11)23-18(29)24-15(26)10-30-17(28)9-25-8-13(19(20,21)22)4-6-16(25)27/h3-8H,9-10H2,1-2H3,(H2,23,24,26,29). The largest absolute Gasteiger partial charge is 0.454 e. The number of halogens is 3. The van der Waals surface area contributed by atoms with Gasteiger partial charge in [0.1, 0.15) is 6.54 Å². The van der Waals surface area contributed by atoms with Crippen LogP contribution >= 0.6 is 0 Å². The van der Waals surface area contributed by atoms with E-state index in [1.165, 1.54) is 0 Å². The molecule has 2 N–H and O–H groups in total. The summed E-state index contributed by atoms with van der Waals surface area (Å²) in [6, 6.07) is 5.65. The molecule has 8 nitrogen and oxygen atoms in total. The molecule has 0 aliphatic carbocycles. The van der Waals surface area contributed by atoms with Gasteiger partial charge in [0.2, 0.25) is 0 Å². The molecule has 0 saturated carbocycles. The van der Waals surface area contributed by atoms with Crippen molar-refractivity contribution >= 4 is 23.6 Å². The average Bonchev–Trinajstić information content (AvgIpc) is 2.63. The second kappa shape index (κ2) is 9.25. The highest BCUT2D eigenvalue weighted by Gasteiger charge is 2.31. The second-order valence-corrected chi connectivity index (χ2v) is 6.36. The summed E-state index contributed by atoms with van der Waals surface area (Å²) in [6.45, 7) is 1.96. The number of urea groups is 1. The van der Waals surface area contributed by atoms with Crippen molar-refractivity contribution in [3.8, 4) is 0 Å². The van der Waals surface area contributed by atoms with Crippen LogP contribution in [-0.2, 0) is 27.0 Å². The Morgan fingerprint density at radius 1 is 1.10 bits per heavy atom. The number of hydrogen-bond donors (Lipinski definition) is 2. The lowest BCUT2D eigenvalue weighted by molar-refractivity contribution is -0.149. The predicted molar refractivity (Wildman–Crippen MR) is 99.7 cm³/mol. The second-order valence-electron chi connectivity index (χ2n) is 6.36. The van der Waals surface area contributed by atoms with Crippen molar-refractivity contribution in [1.29, 1.82) is 0 Å². The maximum absolute atomic E-state index is 12.7. The number of amides is 3. The Hall–Kier alpha value is -3.63. The number of nitrogens with zero attached hydrogens (tertiary/aromatic N) is 1. The summed E-state index contributed by atoms with van der Waals surface area (Å²) in [5.74, 6) is -2.08. The molecule has 160 valence electrons. The molecule has 0 bridgehead atoms. The summed E-state index contributed by atoms with van der Waals surface area (Å²) in [7, 11) is 0. The van der Waals surface area contributed by atoms with E-state index in [1.807, 2.05) is 18.3 Å². The average molecular weight is 425 g/mol. The summed E-state index contributed by atoms with van der Waals surface area (Å²) < 4.78 is 43.2. The first-order valence-corrected chi connectivity index (χ1v) is 8.57. The maximum Gasteiger partial charge on any atom is 0.417 e. The molecule has 2 rings (SSSR count). The van der Waals surface area contributed by atoms with Gasteiger partial charge in [-0.15, -0.1) is 0 Å². The van der Waals surface area contributed by atoms with E-state index in [9.17, 15) is 32.3 Å². The van der Waals surface area contributed by atoms with Crippen LogP contribution in [0.5, 0.6) is 0 Å². The van der Waals surface area contributed by atoms with Crippen LogP contribution in [0.1, 0.15) is 16.7 Å². The number of carbonyl (C=O) groups excluding carboxylic acids is 3. The van der Waals surface area contributed by atoms with Crippen LogP contribution in [0, 0.1) is 13.8 Å². The van der Waals surface area contributed by atoms with Gasteiger partial charge in [0.05, 0.1) is 5.56 Å². The molecular formula is C19H18F3N3O5. The minimum Gasteiger partial charge on any atom is -0.454 e. The molecule has 11 heteroatoms. The van der Waals surface area contributed by atoms with E-state index in [2.05, 4.69) is 10.1 Å². The fraction of sp³-hybridized carbons (Fsp3) is 0.263. The van der Waals surface area contributed by atoms with Crippen LogP contribution in [0.2, 0.25) is 0 Å². The van der Waals surface area contributed by atoms with Crippen LogP contribution in [0.3, 0.4) is 0 Å². The molecule has 0 unspecified atom stereocenters. The Labute approximate surface area is 168 Å². The van der Waals surface area contributed by atoms with Gasteiger partial charge in [-0.2, -0.15) is 13.2 Å². The number of pyridine rings is 1. The number of hydrogen-bond acceptors (Lipinski definition) is 5. The first kappa shape index (κ1) is 22.7. The van der Waals surface area contributed by atoms with Crippen LogP contribution in [0.4, 0.5) is 23.7 Å². The zero-order chi connectivity index (χ0) is 22.5. The number of aromatic nitrogens is 1. The van der Waals surface area contributed by atoms with Crippen LogP contribution in [0.15, 0.2) is 41.3 Å². The number of aryl methyl sites for hydroxylation is 2. The minimum absolute atomic E-state index is 0.473. The van der Waals surface area contributed by atoms with Crippen molar-refractivity contribution in [1.82, 2.24) is 9.88 Å². The summed E-state index contributed by atoms with van der Waals surface area (Å²) in [4.78, 5) is 46.9. The van der Waals surface area contributed by atoms with Crippen molar-refractivity contribution in [3.05, 3.63) is 63.6 Å². The van der Waals surface area contributed by atoms with E-state index in [0.717, 1.165) is 11.1 Å². The maximum atomic E-state index is 12.7. The predicted octanol–water partition coefficient (Wildman–Crippen LogP) is 2.38. The number of imide groups is 1. The Morgan fingerprint density at radius 3 is 2.43 bits per heavy atom. The van der Waals surface area contributed by atoms with E-state index in [1.54, 1.807) is 19.1 Å². The molecule has 0 fully saturated rings. The molecule has 0 atom stereocenters. The number of rotatable bonds is 5. The molecule has 3 amide bonds. The number of carbonyl (C=O) groups is 3. The van der Waals surface area contributed by atoms with E-state index in [0.29, 0.717) is 28.6 Å². The number of esters is 1. The Kier molecular flexibility index (Phi) is 6.98. The van der Waals surface area contributed by atoms with Crippen molar-refractivity contribution in [3.63, 3.8) is 0 Å². The van der Waals surface area contributed by atoms with Crippen LogP contribution in [0.25, 0.3) is 0 Å². The number of alkyl halides is 3. The zero-order valence-corrected chi connectivity index (χ0v) is 16.0. The van der Waals surface area contributed by atoms with Gasteiger partial charge in [-0.3, -0.25) is 19.7 Å². The molecule has 0 spiro atoms. The fourth-order valence-electron chi connectivity index (χ4n) is 2.42. The highest BCUT2D eigenvalue weighted by molar-refractivity contribution is 6.02.